The predicted molar refractivity (Wildman–Crippen MR) is 75.4 cm³/mol. The minimum Gasteiger partial charge on any atom is -0.327 e. The van der Waals surface area contributed by atoms with Gasteiger partial charge >= 0.3 is 0 Å². The first-order valence-corrected chi connectivity index (χ1v) is 6.31. The summed E-state index contributed by atoms with van der Waals surface area (Å²) < 4.78 is 0. The first-order chi connectivity index (χ1) is 7.77. The molecular weight excluding hydrogens is 232 g/mol. The van der Waals surface area contributed by atoms with Crippen molar-refractivity contribution in [3.63, 3.8) is 0 Å². The summed E-state index contributed by atoms with van der Waals surface area (Å²) in [7, 11) is 0. The summed E-state index contributed by atoms with van der Waals surface area (Å²) in [6.45, 7) is 4.38. The highest BCUT2D eigenvalue weighted by molar-refractivity contribution is 5.85. The zero-order valence-electron chi connectivity index (χ0n) is 10.5. The van der Waals surface area contributed by atoms with Gasteiger partial charge in [0, 0.05) is 18.6 Å². The molecule has 2 unspecified atom stereocenters. The molecule has 0 aliphatic carbocycles. The maximum atomic E-state index is 6.07. The van der Waals surface area contributed by atoms with Crippen molar-refractivity contribution in [2.45, 2.75) is 44.8 Å². The summed E-state index contributed by atoms with van der Waals surface area (Å²) in [5.74, 6) is 0. The lowest BCUT2D eigenvalue weighted by Gasteiger charge is -2.38. The van der Waals surface area contributed by atoms with Gasteiger partial charge in [0.05, 0.1) is 0 Å². The number of halogens is 1. The summed E-state index contributed by atoms with van der Waals surface area (Å²) in [5.41, 5.74) is 7.47. The molecule has 1 fully saturated rings. The molecule has 2 N–H and O–H groups in total. The van der Waals surface area contributed by atoms with Gasteiger partial charge in [-0.2, -0.15) is 0 Å². The smallest absolute Gasteiger partial charge is 0.0248 e. The van der Waals surface area contributed by atoms with Gasteiger partial charge in [-0.15, -0.1) is 12.4 Å². The van der Waals surface area contributed by atoms with Crippen molar-refractivity contribution in [2.24, 2.45) is 5.73 Å². The molecule has 3 heteroatoms. The van der Waals surface area contributed by atoms with Crippen molar-refractivity contribution in [3.05, 3.63) is 35.9 Å². The minimum absolute atomic E-state index is 0. The van der Waals surface area contributed by atoms with Gasteiger partial charge in [0.25, 0.3) is 0 Å². The zero-order valence-corrected chi connectivity index (χ0v) is 11.3. The Balaban J connectivity index is 0.00000144. The number of likely N-dealkylation sites (tertiary alicyclic amines) is 1. The summed E-state index contributed by atoms with van der Waals surface area (Å²) in [6.07, 6.45) is 3.90. The number of benzene rings is 1. The second-order valence-corrected chi connectivity index (χ2v) is 4.88. The van der Waals surface area contributed by atoms with Crippen LogP contribution in [-0.2, 0) is 6.54 Å². The average molecular weight is 255 g/mol. The van der Waals surface area contributed by atoms with E-state index in [-0.39, 0.29) is 18.4 Å². The highest BCUT2D eigenvalue weighted by Crippen LogP contribution is 2.21. The molecule has 1 saturated heterocycles. The Hall–Kier alpha value is -0.570. The second kappa shape index (κ2) is 7.00. The van der Waals surface area contributed by atoms with Crippen molar-refractivity contribution in [2.75, 3.05) is 6.54 Å². The summed E-state index contributed by atoms with van der Waals surface area (Å²) in [5, 5.41) is 0. The molecule has 1 heterocycles. The van der Waals surface area contributed by atoms with Crippen LogP contribution in [0, 0.1) is 0 Å². The Labute approximate surface area is 111 Å². The van der Waals surface area contributed by atoms with Crippen LogP contribution in [-0.4, -0.2) is 23.5 Å². The quantitative estimate of drug-likeness (QED) is 0.899. The molecule has 1 aromatic carbocycles. The van der Waals surface area contributed by atoms with E-state index in [1.54, 1.807) is 0 Å². The highest BCUT2D eigenvalue weighted by Gasteiger charge is 2.24. The van der Waals surface area contributed by atoms with E-state index in [1.165, 1.54) is 31.4 Å². The molecule has 2 atom stereocenters. The second-order valence-electron chi connectivity index (χ2n) is 4.88. The van der Waals surface area contributed by atoms with E-state index < -0.39 is 0 Å². The molecule has 0 aromatic heterocycles. The standard InChI is InChI=1S/C14H22N2.ClH/c1-12(15)14-9-5-6-10-16(14)11-13-7-3-2-4-8-13;/h2-4,7-8,12,14H,5-6,9-11,15H2,1H3;1H. The third kappa shape index (κ3) is 3.98. The molecule has 0 bridgehead atoms. The van der Waals surface area contributed by atoms with Crippen molar-refractivity contribution in [1.29, 1.82) is 0 Å². The van der Waals surface area contributed by atoms with Crippen LogP contribution >= 0.6 is 12.4 Å². The number of nitrogens with two attached hydrogens (primary N) is 1. The molecule has 2 nitrogen and oxygen atoms in total. The molecule has 1 aliphatic rings. The van der Waals surface area contributed by atoms with Crippen LogP contribution in [0.15, 0.2) is 30.3 Å². The lowest BCUT2D eigenvalue weighted by molar-refractivity contribution is 0.123. The van der Waals surface area contributed by atoms with E-state index in [0.717, 1.165) is 6.54 Å². The van der Waals surface area contributed by atoms with Crippen LogP contribution in [0.4, 0.5) is 0 Å². The van der Waals surface area contributed by atoms with Gasteiger partial charge in [0.15, 0.2) is 0 Å². The van der Waals surface area contributed by atoms with Gasteiger partial charge < -0.3 is 5.73 Å². The third-order valence-corrected chi connectivity index (χ3v) is 3.50. The van der Waals surface area contributed by atoms with Gasteiger partial charge in [-0.3, -0.25) is 4.90 Å². The summed E-state index contributed by atoms with van der Waals surface area (Å²) in [6, 6.07) is 11.5. The Kier molecular flexibility index (Phi) is 5.96. The fraction of sp³-hybridized carbons (Fsp3) is 0.571. The number of piperidine rings is 1. The fourth-order valence-corrected chi connectivity index (χ4v) is 2.63. The van der Waals surface area contributed by atoms with Gasteiger partial charge in [-0.05, 0) is 31.9 Å². The van der Waals surface area contributed by atoms with Crippen LogP contribution in [0.3, 0.4) is 0 Å². The maximum Gasteiger partial charge on any atom is 0.0248 e. The Morgan fingerprint density at radius 1 is 1.29 bits per heavy atom. The van der Waals surface area contributed by atoms with Crippen molar-refractivity contribution >= 4 is 12.4 Å². The van der Waals surface area contributed by atoms with Crippen molar-refractivity contribution in [3.8, 4) is 0 Å². The van der Waals surface area contributed by atoms with E-state index in [1.807, 2.05) is 0 Å². The number of rotatable bonds is 3. The topological polar surface area (TPSA) is 29.3 Å². The highest BCUT2D eigenvalue weighted by atomic mass is 35.5. The Morgan fingerprint density at radius 2 is 2.00 bits per heavy atom. The SMILES string of the molecule is CC(N)C1CCCCN1Cc1ccccc1.Cl. The van der Waals surface area contributed by atoms with E-state index in [2.05, 4.69) is 42.2 Å². The van der Waals surface area contributed by atoms with Crippen LogP contribution in [0.25, 0.3) is 0 Å². The van der Waals surface area contributed by atoms with Crippen molar-refractivity contribution in [1.82, 2.24) is 4.90 Å². The van der Waals surface area contributed by atoms with Gasteiger partial charge in [-0.25, -0.2) is 0 Å². The monoisotopic (exact) mass is 254 g/mol. The first-order valence-electron chi connectivity index (χ1n) is 6.31. The minimum atomic E-state index is 0. The third-order valence-electron chi connectivity index (χ3n) is 3.50. The Morgan fingerprint density at radius 3 is 2.65 bits per heavy atom. The van der Waals surface area contributed by atoms with E-state index in [0.29, 0.717) is 6.04 Å². The van der Waals surface area contributed by atoms with E-state index >= 15 is 0 Å². The molecule has 1 aliphatic heterocycles. The number of hydrogen-bond acceptors (Lipinski definition) is 2. The molecule has 0 saturated carbocycles. The summed E-state index contributed by atoms with van der Waals surface area (Å²) >= 11 is 0. The predicted octanol–water partition coefficient (Wildman–Crippen LogP) is 2.81. The lowest BCUT2D eigenvalue weighted by Crippen LogP contribution is -2.48. The first kappa shape index (κ1) is 14.5. The zero-order chi connectivity index (χ0) is 11.4. The van der Waals surface area contributed by atoms with Gasteiger partial charge in [0.1, 0.15) is 0 Å². The lowest BCUT2D eigenvalue weighted by atomic mass is 9.96. The molecule has 0 spiro atoms. The summed E-state index contributed by atoms with van der Waals surface area (Å²) in [4.78, 5) is 2.55. The fourth-order valence-electron chi connectivity index (χ4n) is 2.63. The molecule has 0 radical (unpaired) electrons. The molecule has 0 amide bonds. The van der Waals surface area contributed by atoms with E-state index in [9.17, 15) is 0 Å². The van der Waals surface area contributed by atoms with Crippen LogP contribution in [0.5, 0.6) is 0 Å². The average Bonchev–Trinajstić information content (AvgIpc) is 2.31. The van der Waals surface area contributed by atoms with Crippen LogP contribution in [0.1, 0.15) is 31.7 Å². The number of nitrogens with zero attached hydrogens (tertiary/aromatic N) is 1. The maximum absolute atomic E-state index is 6.07. The van der Waals surface area contributed by atoms with E-state index in [4.69, 9.17) is 5.73 Å². The van der Waals surface area contributed by atoms with Crippen LogP contribution in [0.2, 0.25) is 0 Å². The normalized spacial score (nSPS) is 22.8. The van der Waals surface area contributed by atoms with Gasteiger partial charge in [-0.1, -0.05) is 36.8 Å². The molecular formula is C14H23ClN2. The molecule has 96 valence electrons. The Bertz CT molecular complexity index is 313. The molecule has 17 heavy (non-hydrogen) atoms. The van der Waals surface area contributed by atoms with Crippen molar-refractivity contribution < 1.29 is 0 Å². The number of hydrogen-bond donors (Lipinski definition) is 1. The largest absolute Gasteiger partial charge is 0.327 e. The van der Waals surface area contributed by atoms with Crippen LogP contribution < -0.4 is 5.73 Å². The molecule has 2 rings (SSSR count). The van der Waals surface area contributed by atoms with Gasteiger partial charge in [0.2, 0.25) is 0 Å². The molecule has 1 aromatic rings.